The quantitative estimate of drug-likeness (QED) is 0.354. The number of rotatable bonds is 7. The van der Waals surface area contributed by atoms with E-state index in [1.807, 2.05) is 0 Å². The van der Waals surface area contributed by atoms with E-state index in [-0.39, 0.29) is 17.4 Å². The summed E-state index contributed by atoms with van der Waals surface area (Å²) in [4.78, 5) is 21.7. The van der Waals surface area contributed by atoms with E-state index in [9.17, 15) is 19.3 Å². The van der Waals surface area contributed by atoms with E-state index in [0.29, 0.717) is 13.1 Å². The largest absolute Gasteiger partial charge is 0.383 e. The highest BCUT2D eigenvalue weighted by Crippen LogP contribution is 2.14. The van der Waals surface area contributed by atoms with Gasteiger partial charge < -0.3 is 10.6 Å². The Morgan fingerprint density at radius 3 is 2.38 bits per heavy atom. The first-order valence-electron chi connectivity index (χ1n) is 7.24. The van der Waals surface area contributed by atoms with E-state index in [2.05, 4.69) is 10.6 Å². The van der Waals surface area contributed by atoms with Gasteiger partial charge in [-0.25, -0.2) is 4.39 Å². The van der Waals surface area contributed by atoms with E-state index in [4.69, 9.17) is 0 Å². The molecule has 24 heavy (non-hydrogen) atoms. The third-order valence-corrected chi connectivity index (χ3v) is 3.13. The van der Waals surface area contributed by atoms with Gasteiger partial charge in [0.1, 0.15) is 5.82 Å². The Balaban J connectivity index is 1.70. The molecule has 0 fully saturated rings. The topological polar surface area (TPSA) is 84.3 Å². The van der Waals surface area contributed by atoms with Gasteiger partial charge in [-0.3, -0.25) is 14.9 Å². The zero-order valence-electron chi connectivity index (χ0n) is 12.7. The maximum atomic E-state index is 12.7. The second kappa shape index (κ2) is 8.42. The number of hydrogen-bond donors (Lipinski definition) is 2. The number of non-ortho nitro benzene ring substituents is 1. The van der Waals surface area contributed by atoms with E-state index >= 15 is 0 Å². The third kappa shape index (κ3) is 5.53. The standard InChI is InChI=1S/C17H16FN3O3/c18-14-4-1-13(2-5-14)3-10-17(22)20-12-11-19-15-6-8-16(9-7-15)21(23)24/h1-10,19H,11-12H2,(H,20,22)/b10-3+. The van der Waals surface area contributed by atoms with Gasteiger partial charge in [-0.1, -0.05) is 12.1 Å². The van der Waals surface area contributed by atoms with Crippen LogP contribution in [-0.2, 0) is 4.79 Å². The molecular formula is C17H16FN3O3. The Kier molecular flexibility index (Phi) is 6.01. The lowest BCUT2D eigenvalue weighted by Gasteiger charge is -2.06. The Morgan fingerprint density at radius 2 is 1.75 bits per heavy atom. The van der Waals surface area contributed by atoms with Crippen LogP contribution in [0.3, 0.4) is 0 Å². The smallest absolute Gasteiger partial charge is 0.269 e. The number of anilines is 1. The normalized spacial score (nSPS) is 10.5. The number of hydrogen-bond acceptors (Lipinski definition) is 4. The van der Waals surface area contributed by atoms with E-state index < -0.39 is 4.92 Å². The highest BCUT2D eigenvalue weighted by Gasteiger charge is 2.03. The first-order chi connectivity index (χ1) is 11.5. The number of carbonyl (C=O) groups is 1. The van der Waals surface area contributed by atoms with Gasteiger partial charge in [-0.2, -0.15) is 0 Å². The van der Waals surface area contributed by atoms with Crippen LogP contribution in [-0.4, -0.2) is 23.9 Å². The highest BCUT2D eigenvalue weighted by molar-refractivity contribution is 5.91. The first-order valence-corrected chi connectivity index (χ1v) is 7.24. The average Bonchev–Trinajstić information content (AvgIpc) is 2.58. The summed E-state index contributed by atoms with van der Waals surface area (Å²) in [5.74, 6) is -0.584. The molecule has 0 radical (unpaired) electrons. The summed E-state index contributed by atoms with van der Waals surface area (Å²) in [6, 6.07) is 11.8. The van der Waals surface area contributed by atoms with Crippen molar-refractivity contribution in [2.75, 3.05) is 18.4 Å². The fraction of sp³-hybridized carbons (Fsp3) is 0.118. The molecule has 6 nitrogen and oxygen atoms in total. The molecule has 0 atom stereocenters. The molecule has 124 valence electrons. The fourth-order valence-electron chi connectivity index (χ4n) is 1.90. The van der Waals surface area contributed by atoms with Gasteiger partial charge in [0, 0.05) is 37.0 Å². The summed E-state index contributed by atoms with van der Waals surface area (Å²) < 4.78 is 12.7. The van der Waals surface area contributed by atoms with Crippen LogP contribution in [0.4, 0.5) is 15.8 Å². The van der Waals surface area contributed by atoms with Crippen molar-refractivity contribution in [3.05, 3.63) is 76.1 Å². The van der Waals surface area contributed by atoms with Crippen molar-refractivity contribution < 1.29 is 14.1 Å². The van der Waals surface area contributed by atoms with Crippen molar-refractivity contribution in [2.24, 2.45) is 0 Å². The molecule has 0 saturated heterocycles. The third-order valence-electron chi connectivity index (χ3n) is 3.13. The molecular weight excluding hydrogens is 313 g/mol. The minimum absolute atomic E-state index is 0.0276. The summed E-state index contributed by atoms with van der Waals surface area (Å²) in [7, 11) is 0. The van der Waals surface area contributed by atoms with Gasteiger partial charge in [0.15, 0.2) is 0 Å². The van der Waals surface area contributed by atoms with Crippen LogP contribution in [0.1, 0.15) is 5.56 Å². The SMILES string of the molecule is O=C(/C=C/c1ccc(F)cc1)NCCNc1ccc([N+](=O)[O-])cc1. The molecule has 0 unspecified atom stereocenters. The van der Waals surface area contributed by atoms with Crippen molar-refractivity contribution in [1.82, 2.24) is 5.32 Å². The molecule has 0 saturated carbocycles. The molecule has 0 heterocycles. The molecule has 2 N–H and O–H groups in total. The van der Waals surface area contributed by atoms with Crippen LogP contribution in [0.2, 0.25) is 0 Å². The first kappa shape index (κ1) is 17.1. The minimum Gasteiger partial charge on any atom is -0.383 e. The number of amides is 1. The lowest BCUT2D eigenvalue weighted by molar-refractivity contribution is -0.384. The molecule has 7 heteroatoms. The Morgan fingerprint density at radius 1 is 1.08 bits per heavy atom. The van der Waals surface area contributed by atoms with Crippen LogP contribution < -0.4 is 10.6 Å². The van der Waals surface area contributed by atoms with Crippen molar-refractivity contribution >= 4 is 23.4 Å². The zero-order chi connectivity index (χ0) is 17.4. The zero-order valence-corrected chi connectivity index (χ0v) is 12.7. The summed E-state index contributed by atoms with van der Waals surface area (Å²) in [6.07, 6.45) is 2.97. The number of halogens is 1. The number of benzene rings is 2. The molecule has 0 aliphatic heterocycles. The van der Waals surface area contributed by atoms with Gasteiger partial charge in [0.25, 0.3) is 5.69 Å². The molecule has 2 aromatic carbocycles. The molecule has 0 spiro atoms. The van der Waals surface area contributed by atoms with Gasteiger partial charge in [0.05, 0.1) is 4.92 Å². The Labute approximate surface area is 138 Å². The monoisotopic (exact) mass is 329 g/mol. The van der Waals surface area contributed by atoms with Gasteiger partial charge in [0.2, 0.25) is 5.91 Å². The van der Waals surface area contributed by atoms with Crippen molar-refractivity contribution in [3.8, 4) is 0 Å². The van der Waals surface area contributed by atoms with Crippen molar-refractivity contribution in [1.29, 1.82) is 0 Å². The number of nitro groups is 1. The van der Waals surface area contributed by atoms with Gasteiger partial charge in [-0.15, -0.1) is 0 Å². The lowest BCUT2D eigenvalue weighted by atomic mass is 10.2. The summed E-state index contributed by atoms with van der Waals surface area (Å²) >= 11 is 0. The molecule has 0 aromatic heterocycles. The number of carbonyl (C=O) groups excluding carboxylic acids is 1. The maximum absolute atomic E-state index is 12.7. The molecule has 2 rings (SSSR count). The summed E-state index contributed by atoms with van der Waals surface area (Å²) in [6.45, 7) is 0.873. The second-order valence-corrected chi connectivity index (χ2v) is 4.91. The molecule has 0 bridgehead atoms. The van der Waals surface area contributed by atoms with Crippen LogP contribution in [0, 0.1) is 15.9 Å². The number of nitrogens with zero attached hydrogens (tertiary/aromatic N) is 1. The average molecular weight is 329 g/mol. The second-order valence-electron chi connectivity index (χ2n) is 4.91. The van der Waals surface area contributed by atoms with Crippen LogP contribution in [0.25, 0.3) is 6.08 Å². The van der Waals surface area contributed by atoms with E-state index in [0.717, 1.165) is 11.3 Å². The van der Waals surface area contributed by atoms with E-state index in [1.165, 1.54) is 30.3 Å². The molecule has 0 aliphatic rings. The van der Waals surface area contributed by atoms with Crippen LogP contribution in [0.15, 0.2) is 54.6 Å². The number of nitro benzene ring substituents is 1. The Bertz CT molecular complexity index is 728. The van der Waals surface area contributed by atoms with Gasteiger partial charge >= 0.3 is 0 Å². The van der Waals surface area contributed by atoms with Gasteiger partial charge in [-0.05, 0) is 35.9 Å². The highest BCUT2D eigenvalue weighted by atomic mass is 19.1. The number of nitrogens with one attached hydrogen (secondary N) is 2. The summed E-state index contributed by atoms with van der Waals surface area (Å²) in [5, 5.41) is 16.3. The predicted octanol–water partition coefficient (Wildman–Crippen LogP) is 2.98. The fourth-order valence-corrected chi connectivity index (χ4v) is 1.90. The summed E-state index contributed by atoms with van der Waals surface area (Å²) in [5.41, 5.74) is 1.49. The maximum Gasteiger partial charge on any atom is 0.269 e. The van der Waals surface area contributed by atoms with Crippen LogP contribution in [0.5, 0.6) is 0 Å². The van der Waals surface area contributed by atoms with E-state index in [1.54, 1.807) is 30.3 Å². The lowest BCUT2D eigenvalue weighted by Crippen LogP contribution is -2.27. The van der Waals surface area contributed by atoms with Crippen molar-refractivity contribution in [2.45, 2.75) is 0 Å². The van der Waals surface area contributed by atoms with Crippen molar-refractivity contribution in [3.63, 3.8) is 0 Å². The Hall–Kier alpha value is -3.22. The molecule has 0 aliphatic carbocycles. The minimum atomic E-state index is -0.461. The predicted molar refractivity (Wildman–Crippen MR) is 90.0 cm³/mol. The van der Waals surface area contributed by atoms with Crippen LogP contribution >= 0.6 is 0 Å². The molecule has 1 amide bonds. The molecule has 2 aromatic rings.